The highest BCUT2D eigenvalue weighted by Gasteiger charge is 2.49. The minimum atomic E-state index is -2.26. The van der Waals surface area contributed by atoms with Crippen molar-refractivity contribution in [3.8, 4) is 11.5 Å². The SMILES string of the molecule is C=C1C(=O)N(C)C(=S)S1(OCCc1coc(-c2ccccc2)n1)c1ccccc1. The summed E-state index contributed by atoms with van der Waals surface area (Å²) in [7, 11) is -0.589. The average Bonchev–Trinajstić information content (AvgIpc) is 3.30. The Bertz CT molecular complexity index is 1070. The molecule has 1 unspecified atom stereocenters. The minimum absolute atomic E-state index is 0.193. The van der Waals surface area contributed by atoms with Gasteiger partial charge in [0.25, 0.3) is 5.91 Å². The van der Waals surface area contributed by atoms with Crippen molar-refractivity contribution in [3.05, 3.63) is 84.1 Å². The number of likely N-dealkylation sites (N-methyl/N-ethyl adjacent to an activating group) is 1. The zero-order valence-corrected chi connectivity index (χ0v) is 17.5. The molecule has 0 bridgehead atoms. The predicted molar refractivity (Wildman–Crippen MR) is 118 cm³/mol. The van der Waals surface area contributed by atoms with E-state index in [1.165, 1.54) is 4.90 Å². The lowest BCUT2D eigenvalue weighted by atomic mass is 10.2. The second kappa shape index (κ2) is 7.94. The minimum Gasteiger partial charge on any atom is -0.444 e. The summed E-state index contributed by atoms with van der Waals surface area (Å²) >= 11 is 5.63. The summed E-state index contributed by atoms with van der Waals surface area (Å²) in [5.41, 5.74) is 1.70. The van der Waals surface area contributed by atoms with Crippen LogP contribution in [0.4, 0.5) is 0 Å². The first-order valence-corrected chi connectivity index (χ1v) is 11.0. The van der Waals surface area contributed by atoms with Crippen molar-refractivity contribution in [3.63, 3.8) is 0 Å². The number of oxazole rings is 1. The molecule has 1 saturated heterocycles. The van der Waals surface area contributed by atoms with E-state index in [4.69, 9.17) is 20.8 Å². The Morgan fingerprint density at radius 2 is 1.79 bits per heavy atom. The van der Waals surface area contributed by atoms with Gasteiger partial charge >= 0.3 is 0 Å². The van der Waals surface area contributed by atoms with Crippen LogP contribution in [0.25, 0.3) is 11.5 Å². The Morgan fingerprint density at radius 1 is 1.14 bits per heavy atom. The molecular formula is C22H20N2O3S2. The zero-order chi connectivity index (χ0) is 20.4. The first kappa shape index (κ1) is 19.6. The molecule has 1 fully saturated rings. The summed E-state index contributed by atoms with van der Waals surface area (Å²) in [5.74, 6) is 0.378. The van der Waals surface area contributed by atoms with E-state index in [1.807, 2.05) is 60.7 Å². The average molecular weight is 425 g/mol. The van der Waals surface area contributed by atoms with Crippen molar-refractivity contribution >= 4 is 32.8 Å². The maximum atomic E-state index is 12.6. The van der Waals surface area contributed by atoms with Crippen LogP contribution in [0.3, 0.4) is 0 Å². The molecule has 1 aliphatic rings. The first-order valence-electron chi connectivity index (χ1n) is 9.07. The van der Waals surface area contributed by atoms with E-state index in [1.54, 1.807) is 13.3 Å². The van der Waals surface area contributed by atoms with Gasteiger partial charge in [-0.3, -0.25) is 9.69 Å². The van der Waals surface area contributed by atoms with Gasteiger partial charge in [-0.1, -0.05) is 55.2 Å². The molecule has 7 heteroatoms. The summed E-state index contributed by atoms with van der Waals surface area (Å²) in [6.07, 6.45) is 2.17. The lowest BCUT2D eigenvalue weighted by Gasteiger charge is -2.35. The lowest BCUT2D eigenvalue weighted by molar-refractivity contribution is -0.121. The third-order valence-electron chi connectivity index (χ3n) is 4.68. The molecule has 148 valence electrons. The Hall–Kier alpha value is -2.74. The van der Waals surface area contributed by atoms with E-state index in [2.05, 4.69) is 11.6 Å². The largest absolute Gasteiger partial charge is 0.444 e. The maximum absolute atomic E-state index is 12.6. The fourth-order valence-electron chi connectivity index (χ4n) is 3.14. The van der Waals surface area contributed by atoms with Crippen LogP contribution in [-0.2, 0) is 15.4 Å². The van der Waals surface area contributed by atoms with E-state index in [0.717, 1.165) is 16.2 Å². The molecule has 2 aromatic carbocycles. The number of hydrogen-bond acceptors (Lipinski definition) is 5. The van der Waals surface area contributed by atoms with E-state index in [0.29, 0.717) is 28.1 Å². The van der Waals surface area contributed by atoms with Gasteiger partial charge in [-0.2, -0.15) is 0 Å². The molecule has 0 saturated carbocycles. The van der Waals surface area contributed by atoms with E-state index >= 15 is 0 Å². The molecular weight excluding hydrogens is 404 g/mol. The molecule has 0 aliphatic carbocycles. The van der Waals surface area contributed by atoms with Crippen LogP contribution < -0.4 is 0 Å². The van der Waals surface area contributed by atoms with Crippen LogP contribution in [0.2, 0.25) is 0 Å². The number of thiocarbonyl (C=S) groups is 1. The Balaban J connectivity index is 1.55. The van der Waals surface area contributed by atoms with Gasteiger partial charge < -0.3 is 8.60 Å². The zero-order valence-electron chi connectivity index (χ0n) is 15.9. The first-order chi connectivity index (χ1) is 14.0. The lowest BCUT2D eigenvalue weighted by Crippen LogP contribution is -2.24. The maximum Gasteiger partial charge on any atom is 0.266 e. The fraction of sp³-hybridized carbons (Fsp3) is 0.136. The third kappa shape index (κ3) is 3.42. The van der Waals surface area contributed by atoms with Gasteiger partial charge in [-0.15, -0.1) is 0 Å². The second-order valence-electron chi connectivity index (χ2n) is 6.50. The van der Waals surface area contributed by atoms with Gasteiger partial charge in [0.1, 0.15) is 6.26 Å². The van der Waals surface area contributed by atoms with Crippen LogP contribution in [0, 0.1) is 0 Å². The number of hydrogen-bond donors (Lipinski definition) is 0. The second-order valence-corrected chi connectivity index (χ2v) is 9.85. The number of carbonyl (C=O) groups excluding carboxylic acids is 1. The van der Waals surface area contributed by atoms with Gasteiger partial charge in [0.15, 0.2) is 4.32 Å². The van der Waals surface area contributed by atoms with Gasteiger partial charge in [-0.25, -0.2) is 4.98 Å². The van der Waals surface area contributed by atoms with Gasteiger partial charge in [0.2, 0.25) is 5.89 Å². The van der Waals surface area contributed by atoms with Crippen molar-refractivity contribution in [2.75, 3.05) is 13.7 Å². The van der Waals surface area contributed by atoms with Gasteiger partial charge in [0.05, 0.1) is 17.2 Å². The van der Waals surface area contributed by atoms with Crippen LogP contribution in [-0.4, -0.2) is 33.8 Å². The summed E-state index contributed by atoms with van der Waals surface area (Å²) in [6, 6.07) is 19.3. The molecule has 0 spiro atoms. The van der Waals surface area contributed by atoms with Crippen LogP contribution in [0.15, 0.2) is 87.7 Å². The Kier molecular flexibility index (Phi) is 5.36. The van der Waals surface area contributed by atoms with Crippen molar-refractivity contribution in [2.45, 2.75) is 11.3 Å². The molecule has 4 rings (SSSR count). The molecule has 1 aromatic heterocycles. The summed E-state index contributed by atoms with van der Waals surface area (Å²) in [6.45, 7) is 4.37. The molecule has 2 heterocycles. The summed E-state index contributed by atoms with van der Waals surface area (Å²) < 4.78 is 12.4. The molecule has 1 atom stereocenters. The van der Waals surface area contributed by atoms with Crippen LogP contribution in [0.1, 0.15) is 5.69 Å². The quantitative estimate of drug-likeness (QED) is 0.414. The molecule has 1 aliphatic heterocycles. The standard InChI is InChI=1S/C22H20N2O3S2/c1-16-21(25)24(2)22(28)29(16,19-11-7-4-8-12-19)27-14-13-18-15-26-20(23-18)17-9-5-3-6-10-17/h3-12,15H,1,13-14H2,2H3. The third-order valence-corrected chi connectivity index (χ3v) is 8.74. The van der Waals surface area contributed by atoms with Crippen molar-refractivity contribution < 1.29 is 13.4 Å². The highest BCUT2D eigenvalue weighted by molar-refractivity contribution is 8.50. The number of amides is 1. The number of nitrogens with zero attached hydrogens (tertiary/aromatic N) is 2. The molecule has 1 amide bonds. The number of benzene rings is 2. The monoisotopic (exact) mass is 424 g/mol. The van der Waals surface area contributed by atoms with Crippen molar-refractivity contribution in [1.29, 1.82) is 0 Å². The van der Waals surface area contributed by atoms with Crippen LogP contribution in [0.5, 0.6) is 0 Å². The topological polar surface area (TPSA) is 55.6 Å². The van der Waals surface area contributed by atoms with E-state index in [9.17, 15) is 4.79 Å². The van der Waals surface area contributed by atoms with E-state index < -0.39 is 10.3 Å². The molecule has 5 nitrogen and oxygen atoms in total. The molecule has 3 aromatic rings. The Morgan fingerprint density at radius 3 is 2.41 bits per heavy atom. The molecule has 29 heavy (non-hydrogen) atoms. The Labute approximate surface area is 176 Å². The molecule has 0 N–H and O–H groups in total. The normalized spacial score (nSPS) is 21.4. The highest BCUT2D eigenvalue weighted by Crippen LogP contribution is 2.67. The number of rotatable bonds is 6. The molecule has 0 radical (unpaired) electrons. The summed E-state index contributed by atoms with van der Waals surface area (Å²) in [5, 5.41) is 0. The smallest absolute Gasteiger partial charge is 0.266 e. The highest BCUT2D eigenvalue weighted by atomic mass is 32.3. The van der Waals surface area contributed by atoms with Crippen molar-refractivity contribution in [2.24, 2.45) is 0 Å². The van der Waals surface area contributed by atoms with Gasteiger partial charge in [0, 0.05) is 23.9 Å². The number of carbonyl (C=O) groups is 1. The number of aromatic nitrogens is 1. The fourth-order valence-corrected chi connectivity index (χ4v) is 6.76. The van der Waals surface area contributed by atoms with E-state index in [-0.39, 0.29) is 5.91 Å². The van der Waals surface area contributed by atoms with Gasteiger partial charge in [-0.05, 0) is 34.6 Å². The van der Waals surface area contributed by atoms with Crippen LogP contribution >= 0.6 is 22.5 Å². The predicted octanol–water partition coefficient (Wildman–Crippen LogP) is 4.95. The van der Waals surface area contributed by atoms with Crippen molar-refractivity contribution in [1.82, 2.24) is 9.88 Å². The summed E-state index contributed by atoms with van der Waals surface area (Å²) in [4.78, 5) is 19.8.